The van der Waals surface area contributed by atoms with Crippen molar-refractivity contribution in [3.63, 3.8) is 0 Å². The maximum absolute atomic E-state index is 13.1. The number of nitrogens with one attached hydrogen (secondary N) is 1. The molecule has 8 heteroatoms. The Morgan fingerprint density at radius 3 is 2.73 bits per heavy atom. The molecule has 30 heavy (non-hydrogen) atoms. The van der Waals surface area contributed by atoms with Crippen molar-refractivity contribution in [3.05, 3.63) is 77.1 Å². The van der Waals surface area contributed by atoms with Crippen LogP contribution in [-0.4, -0.2) is 15.9 Å². The smallest absolute Gasteiger partial charge is 0.398 e. The first kappa shape index (κ1) is 19.9. The summed E-state index contributed by atoms with van der Waals surface area (Å²) in [6.07, 6.45) is -0.453. The number of hydrogen-bond donors (Lipinski definition) is 2. The fourth-order valence-corrected chi connectivity index (χ4v) is 3.68. The van der Waals surface area contributed by atoms with E-state index >= 15 is 0 Å². The molecule has 0 bridgehead atoms. The number of nitrogens with zero attached hydrogens (tertiary/aromatic N) is 2. The number of rotatable bonds is 3. The normalized spacial score (nSPS) is 16.0. The number of nitrogen functional groups attached to an aromatic ring is 1. The van der Waals surface area contributed by atoms with E-state index < -0.39 is 17.6 Å². The van der Waals surface area contributed by atoms with Crippen molar-refractivity contribution >= 4 is 11.6 Å². The SMILES string of the molecule is Nc1ccc(C(F)(F)F)cc1-c1nccc(C(=O)N[C@H]2CCCc3ccccc32)n1. The summed E-state index contributed by atoms with van der Waals surface area (Å²) < 4.78 is 39.2. The van der Waals surface area contributed by atoms with Gasteiger partial charge in [0.15, 0.2) is 5.82 Å². The molecule has 0 spiro atoms. The minimum absolute atomic E-state index is 0.0301. The van der Waals surface area contributed by atoms with Crippen LogP contribution in [0.2, 0.25) is 0 Å². The number of hydrogen-bond acceptors (Lipinski definition) is 4. The van der Waals surface area contributed by atoms with Gasteiger partial charge in [0.2, 0.25) is 0 Å². The van der Waals surface area contributed by atoms with Crippen LogP contribution in [0.25, 0.3) is 11.4 Å². The lowest BCUT2D eigenvalue weighted by molar-refractivity contribution is -0.137. The summed E-state index contributed by atoms with van der Waals surface area (Å²) in [4.78, 5) is 21.0. The molecule has 1 aliphatic carbocycles. The van der Waals surface area contributed by atoms with E-state index in [-0.39, 0.29) is 28.8 Å². The summed E-state index contributed by atoms with van der Waals surface area (Å²) in [7, 11) is 0. The van der Waals surface area contributed by atoms with Crippen LogP contribution >= 0.6 is 0 Å². The number of fused-ring (bicyclic) bond motifs is 1. The van der Waals surface area contributed by atoms with Gasteiger partial charge in [-0.15, -0.1) is 0 Å². The number of benzene rings is 2. The van der Waals surface area contributed by atoms with Crippen molar-refractivity contribution in [2.45, 2.75) is 31.5 Å². The van der Waals surface area contributed by atoms with Crippen LogP contribution in [0.4, 0.5) is 18.9 Å². The Labute approximate surface area is 171 Å². The molecule has 1 amide bonds. The number of aromatic nitrogens is 2. The molecule has 1 aliphatic rings. The highest BCUT2D eigenvalue weighted by molar-refractivity contribution is 5.93. The monoisotopic (exact) mass is 412 g/mol. The maximum atomic E-state index is 13.1. The van der Waals surface area contributed by atoms with Crippen molar-refractivity contribution in [1.82, 2.24) is 15.3 Å². The second-order valence-electron chi connectivity index (χ2n) is 7.18. The van der Waals surface area contributed by atoms with Crippen LogP contribution in [-0.2, 0) is 12.6 Å². The van der Waals surface area contributed by atoms with E-state index in [1.54, 1.807) is 0 Å². The van der Waals surface area contributed by atoms with Crippen LogP contribution in [0.5, 0.6) is 0 Å². The number of nitrogens with two attached hydrogens (primary N) is 1. The topological polar surface area (TPSA) is 80.9 Å². The standard InChI is InChI=1S/C22H19F3N4O/c23-22(24,25)14-8-9-17(26)16(12-14)20-27-11-10-19(28-20)21(30)29-18-7-3-5-13-4-1-2-6-15(13)18/h1-2,4,6,8-12,18H,3,5,7,26H2,(H,29,30)/t18-/m0/s1. The lowest BCUT2D eigenvalue weighted by atomic mass is 9.87. The van der Waals surface area contributed by atoms with Gasteiger partial charge in [-0.25, -0.2) is 9.97 Å². The zero-order chi connectivity index (χ0) is 21.3. The molecule has 3 N–H and O–H groups in total. The van der Waals surface area contributed by atoms with Gasteiger partial charge < -0.3 is 11.1 Å². The van der Waals surface area contributed by atoms with Crippen molar-refractivity contribution in [1.29, 1.82) is 0 Å². The fraction of sp³-hybridized carbons (Fsp3) is 0.227. The third-order valence-electron chi connectivity index (χ3n) is 5.18. The first-order chi connectivity index (χ1) is 14.3. The second-order valence-corrected chi connectivity index (χ2v) is 7.18. The molecule has 0 aliphatic heterocycles. The van der Waals surface area contributed by atoms with Crippen LogP contribution in [0.3, 0.4) is 0 Å². The summed E-state index contributed by atoms with van der Waals surface area (Å²) in [5.41, 5.74) is 7.47. The van der Waals surface area contributed by atoms with Gasteiger partial charge in [0.25, 0.3) is 5.91 Å². The summed E-state index contributed by atoms with van der Waals surface area (Å²) >= 11 is 0. The molecule has 1 heterocycles. The number of anilines is 1. The summed E-state index contributed by atoms with van der Waals surface area (Å²) in [5.74, 6) is -0.443. The molecule has 0 unspecified atom stereocenters. The number of carbonyl (C=O) groups is 1. The number of halogens is 3. The van der Waals surface area contributed by atoms with E-state index in [9.17, 15) is 18.0 Å². The zero-order valence-corrected chi connectivity index (χ0v) is 15.9. The Bertz CT molecular complexity index is 1100. The van der Waals surface area contributed by atoms with Crippen LogP contribution < -0.4 is 11.1 Å². The molecule has 4 rings (SSSR count). The van der Waals surface area contributed by atoms with Gasteiger partial charge >= 0.3 is 6.18 Å². The lowest BCUT2D eigenvalue weighted by Gasteiger charge is -2.26. The van der Waals surface area contributed by atoms with Crippen molar-refractivity contribution < 1.29 is 18.0 Å². The van der Waals surface area contributed by atoms with Gasteiger partial charge in [-0.05, 0) is 54.7 Å². The largest absolute Gasteiger partial charge is 0.416 e. The molecule has 2 aromatic carbocycles. The third-order valence-corrected chi connectivity index (χ3v) is 5.18. The van der Waals surface area contributed by atoms with Crippen molar-refractivity contribution in [2.75, 3.05) is 5.73 Å². The molecular weight excluding hydrogens is 393 g/mol. The van der Waals surface area contributed by atoms with Crippen LogP contribution in [0.15, 0.2) is 54.7 Å². The number of aryl methyl sites for hydroxylation is 1. The molecule has 1 aromatic heterocycles. The maximum Gasteiger partial charge on any atom is 0.416 e. The highest BCUT2D eigenvalue weighted by Gasteiger charge is 2.31. The molecule has 1 atom stereocenters. The number of amides is 1. The van der Waals surface area contributed by atoms with Crippen molar-refractivity contribution in [2.24, 2.45) is 0 Å². The van der Waals surface area contributed by atoms with Gasteiger partial charge in [0.05, 0.1) is 11.6 Å². The Kier molecular flexibility index (Phi) is 5.15. The molecule has 0 radical (unpaired) electrons. The molecular formula is C22H19F3N4O. The van der Waals surface area contributed by atoms with E-state index in [1.807, 2.05) is 24.3 Å². The zero-order valence-electron chi connectivity index (χ0n) is 15.9. The Hall–Kier alpha value is -3.42. The quantitative estimate of drug-likeness (QED) is 0.619. The highest BCUT2D eigenvalue weighted by Crippen LogP contribution is 2.34. The van der Waals surface area contributed by atoms with E-state index in [2.05, 4.69) is 15.3 Å². The van der Waals surface area contributed by atoms with E-state index in [0.29, 0.717) is 0 Å². The lowest BCUT2D eigenvalue weighted by Crippen LogP contribution is -2.31. The van der Waals surface area contributed by atoms with Gasteiger partial charge in [-0.3, -0.25) is 4.79 Å². The molecule has 5 nitrogen and oxygen atoms in total. The van der Waals surface area contributed by atoms with E-state index in [4.69, 9.17) is 5.73 Å². The minimum atomic E-state index is -4.52. The van der Waals surface area contributed by atoms with Gasteiger partial charge in [-0.1, -0.05) is 24.3 Å². The molecule has 0 saturated carbocycles. The molecule has 3 aromatic rings. The van der Waals surface area contributed by atoms with E-state index in [0.717, 1.165) is 43.0 Å². The first-order valence-electron chi connectivity index (χ1n) is 9.52. The Balaban J connectivity index is 1.61. The third kappa shape index (κ3) is 3.98. The van der Waals surface area contributed by atoms with Crippen LogP contribution in [0, 0.1) is 0 Å². The predicted octanol–water partition coefficient (Wildman–Crippen LogP) is 4.55. The fourth-order valence-electron chi connectivity index (χ4n) is 3.68. The average molecular weight is 412 g/mol. The van der Waals surface area contributed by atoms with E-state index in [1.165, 1.54) is 17.8 Å². The molecule has 0 fully saturated rings. The highest BCUT2D eigenvalue weighted by atomic mass is 19.4. The second kappa shape index (κ2) is 7.78. The van der Waals surface area contributed by atoms with Crippen LogP contribution in [0.1, 0.15) is 46.1 Å². The number of alkyl halides is 3. The van der Waals surface area contributed by atoms with Gasteiger partial charge in [-0.2, -0.15) is 13.2 Å². The summed E-state index contributed by atoms with van der Waals surface area (Å²) in [6.45, 7) is 0. The predicted molar refractivity (Wildman–Crippen MR) is 106 cm³/mol. The van der Waals surface area contributed by atoms with Gasteiger partial charge in [0, 0.05) is 17.4 Å². The Morgan fingerprint density at radius 1 is 1.13 bits per heavy atom. The minimum Gasteiger partial charge on any atom is -0.398 e. The van der Waals surface area contributed by atoms with Gasteiger partial charge in [0.1, 0.15) is 5.69 Å². The Morgan fingerprint density at radius 2 is 1.93 bits per heavy atom. The number of carbonyl (C=O) groups excluding carboxylic acids is 1. The summed E-state index contributed by atoms with van der Waals surface area (Å²) in [6, 6.07) is 12.2. The van der Waals surface area contributed by atoms with Crippen molar-refractivity contribution in [3.8, 4) is 11.4 Å². The summed E-state index contributed by atoms with van der Waals surface area (Å²) in [5, 5.41) is 2.98. The first-order valence-corrected chi connectivity index (χ1v) is 9.52. The average Bonchev–Trinajstić information content (AvgIpc) is 2.73. The molecule has 0 saturated heterocycles. The molecule has 154 valence electrons.